The first-order valence-corrected chi connectivity index (χ1v) is 24.1. The van der Waals surface area contributed by atoms with E-state index in [0.717, 1.165) is 49.8 Å². The van der Waals surface area contributed by atoms with E-state index in [1.165, 1.54) is 64.7 Å². The van der Waals surface area contributed by atoms with Gasteiger partial charge in [0, 0.05) is 47.6 Å². The van der Waals surface area contributed by atoms with Crippen molar-refractivity contribution < 1.29 is 4.42 Å². The third kappa shape index (κ3) is 6.18. The topological polar surface area (TPSA) is 51.8 Å². The van der Waals surface area contributed by atoms with Crippen LogP contribution in [-0.2, 0) is 5.41 Å². The largest absolute Gasteiger partial charge is 0.456 e. The molecule has 0 unspecified atom stereocenters. The highest BCUT2D eigenvalue weighted by Gasteiger charge is 2.46. The molecule has 3 heterocycles. The first kappa shape index (κ1) is 39.4. The summed E-state index contributed by atoms with van der Waals surface area (Å²) in [6.07, 6.45) is 0. The number of aromatic nitrogens is 3. The van der Waals surface area contributed by atoms with E-state index in [9.17, 15) is 0 Å². The maximum absolute atomic E-state index is 6.57. The Kier molecular flexibility index (Phi) is 8.95. The molecule has 0 aliphatic heterocycles. The SMILES string of the molecule is c1ccc(-c2nc(-c3ccc4sc5ccccc5c4c3)nc(-c3cccc4oc5ccc(-c6ccc(-c7cccc8c7-c7ccccc7C8(c7ccccc7)c7ccccc7)cc6)cc5c34)n2)cc1. The van der Waals surface area contributed by atoms with Gasteiger partial charge in [0.2, 0.25) is 0 Å². The van der Waals surface area contributed by atoms with Crippen molar-refractivity contribution in [3.63, 3.8) is 0 Å². The van der Waals surface area contributed by atoms with Crippen LogP contribution in [0.5, 0.6) is 0 Å². The first-order chi connectivity index (χ1) is 34.2. The van der Waals surface area contributed by atoms with Gasteiger partial charge in [-0.05, 0) is 98.1 Å². The summed E-state index contributed by atoms with van der Waals surface area (Å²) in [5, 5.41) is 4.42. The van der Waals surface area contributed by atoms with Crippen LogP contribution in [-0.4, -0.2) is 15.0 Å². The molecule has 13 aromatic rings. The molecule has 0 N–H and O–H groups in total. The lowest BCUT2D eigenvalue weighted by Crippen LogP contribution is -2.28. The Labute approximate surface area is 402 Å². The number of thiophene rings is 1. The van der Waals surface area contributed by atoms with Gasteiger partial charge in [0.1, 0.15) is 11.2 Å². The second-order valence-electron chi connectivity index (χ2n) is 17.8. The van der Waals surface area contributed by atoms with Gasteiger partial charge in [-0.1, -0.05) is 194 Å². The van der Waals surface area contributed by atoms with Gasteiger partial charge in [-0.2, -0.15) is 0 Å². The Morgan fingerprint density at radius 3 is 1.70 bits per heavy atom. The quantitative estimate of drug-likeness (QED) is 0.160. The van der Waals surface area contributed by atoms with Crippen LogP contribution in [0.3, 0.4) is 0 Å². The van der Waals surface area contributed by atoms with Crippen molar-refractivity contribution in [2.45, 2.75) is 5.41 Å². The van der Waals surface area contributed by atoms with Crippen LogP contribution >= 0.6 is 11.3 Å². The van der Waals surface area contributed by atoms with Gasteiger partial charge in [-0.15, -0.1) is 11.3 Å². The maximum atomic E-state index is 6.57. The summed E-state index contributed by atoms with van der Waals surface area (Å²) in [5.41, 5.74) is 16.2. The van der Waals surface area contributed by atoms with Gasteiger partial charge >= 0.3 is 0 Å². The van der Waals surface area contributed by atoms with Gasteiger partial charge in [0.25, 0.3) is 0 Å². The summed E-state index contributed by atoms with van der Waals surface area (Å²) in [6, 6.07) is 84.7. The number of hydrogen-bond acceptors (Lipinski definition) is 5. The van der Waals surface area contributed by atoms with E-state index in [1.807, 2.05) is 30.3 Å². The molecule has 69 heavy (non-hydrogen) atoms. The lowest BCUT2D eigenvalue weighted by molar-refractivity contribution is 0.669. The molecular weight excluding hydrogens is 859 g/mol. The zero-order valence-corrected chi connectivity index (χ0v) is 38.0. The average Bonchev–Trinajstić information content (AvgIpc) is 4.10. The van der Waals surface area contributed by atoms with Crippen molar-refractivity contribution in [3.8, 4) is 67.5 Å². The fourth-order valence-corrected chi connectivity index (χ4v) is 12.1. The highest BCUT2D eigenvalue weighted by molar-refractivity contribution is 7.25. The molecule has 10 aromatic carbocycles. The van der Waals surface area contributed by atoms with Gasteiger partial charge < -0.3 is 4.42 Å². The first-order valence-electron chi connectivity index (χ1n) is 23.3. The lowest BCUT2D eigenvalue weighted by Gasteiger charge is -2.34. The summed E-state index contributed by atoms with van der Waals surface area (Å²) >= 11 is 1.80. The molecule has 1 aliphatic rings. The fourth-order valence-electron chi connectivity index (χ4n) is 11.0. The van der Waals surface area contributed by atoms with Crippen LogP contribution in [0.1, 0.15) is 22.3 Å². The van der Waals surface area contributed by atoms with Crippen molar-refractivity contribution in [2.75, 3.05) is 0 Å². The predicted molar refractivity (Wildman–Crippen MR) is 284 cm³/mol. The van der Waals surface area contributed by atoms with Crippen LogP contribution in [0.4, 0.5) is 0 Å². The van der Waals surface area contributed by atoms with E-state index in [0.29, 0.717) is 17.5 Å². The third-order valence-corrected chi connectivity index (χ3v) is 15.2. The van der Waals surface area contributed by atoms with Crippen LogP contribution in [0.25, 0.3) is 110 Å². The van der Waals surface area contributed by atoms with Crippen molar-refractivity contribution in [3.05, 3.63) is 259 Å². The Morgan fingerprint density at radius 1 is 0.333 bits per heavy atom. The minimum Gasteiger partial charge on any atom is -0.456 e. The molecule has 1 aliphatic carbocycles. The summed E-state index contributed by atoms with van der Waals surface area (Å²) in [5.74, 6) is 1.84. The molecule has 14 rings (SSSR count). The van der Waals surface area contributed by atoms with Gasteiger partial charge in [0.15, 0.2) is 17.5 Å². The zero-order chi connectivity index (χ0) is 45.5. The molecule has 0 spiro atoms. The van der Waals surface area contributed by atoms with Crippen LogP contribution < -0.4 is 0 Å². The lowest BCUT2D eigenvalue weighted by atomic mass is 9.67. The molecule has 0 saturated heterocycles. The monoisotopic (exact) mass is 897 g/mol. The number of furan rings is 1. The number of benzene rings is 10. The van der Waals surface area contributed by atoms with E-state index >= 15 is 0 Å². The second-order valence-corrected chi connectivity index (χ2v) is 18.9. The Morgan fingerprint density at radius 2 is 0.899 bits per heavy atom. The molecular formula is C64H39N3OS. The standard InChI is InChI=1S/C64H39N3OS/c1-4-16-42(17-5-1)61-65-62(44-35-37-58-51(39-44)48-22-11-13-29-57(48)69-58)67-63(66-61)50-25-15-28-56-60(50)52-38-43(34-36-55(52)68-56)40-30-32-41(33-31-40)47-24-14-27-54-59(47)49-23-10-12-26-53(49)64(54,45-18-6-2-7-19-45)46-20-8-3-9-21-46/h1-39H. The van der Waals surface area contributed by atoms with Crippen molar-refractivity contribution in [1.29, 1.82) is 0 Å². The van der Waals surface area contributed by atoms with Crippen LogP contribution in [0.2, 0.25) is 0 Å². The van der Waals surface area contributed by atoms with Gasteiger partial charge in [0.05, 0.1) is 5.41 Å². The smallest absolute Gasteiger partial charge is 0.164 e. The number of fused-ring (bicyclic) bond motifs is 9. The summed E-state index contributed by atoms with van der Waals surface area (Å²) in [7, 11) is 0. The fraction of sp³-hybridized carbons (Fsp3) is 0.0156. The van der Waals surface area contributed by atoms with E-state index in [2.05, 4.69) is 206 Å². The van der Waals surface area contributed by atoms with Crippen molar-refractivity contribution in [1.82, 2.24) is 15.0 Å². The summed E-state index contributed by atoms with van der Waals surface area (Å²) < 4.78 is 9.07. The molecule has 3 aromatic heterocycles. The zero-order valence-electron chi connectivity index (χ0n) is 37.2. The van der Waals surface area contributed by atoms with Crippen LogP contribution in [0.15, 0.2) is 241 Å². The van der Waals surface area contributed by atoms with E-state index in [1.54, 1.807) is 11.3 Å². The van der Waals surface area contributed by atoms with Gasteiger partial charge in [-0.3, -0.25) is 0 Å². The summed E-state index contributed by atoms with van der Waals surface area (Å²) in [6.45, 7) is 0. The van der Waals surface area contributed by atoms with Crippen molar-refractivity contribution >= 4 is 53.4 Å². The van der Waals surface area contributed by atoms with Crippen molar-refractivity contribution in [2.24, 2.45) is 0 Å². The van der Waals surface area contributed by atoms with Gasteiger partial charge in [-0.25, -0.2) is 15.0 Å². The Bertz CT molecular complexity index is 4080. The number of hydrogen-bond donors (Lipinski definition) is 0. The average molecular weight is 898 g/mol. The molecule has 0 atom stereocenters. The second kappa shape index (κ2) is 15.7. The molecule has 0 saturated carbocycles. The van der Waals surface area contributed by atoms with Crippen LogP contribution in [0, 0.1) is 0 Å². The number of rotatable bonds is 7. The molecule has 0 amide bonds. The molecule has 4 nitrogen and oxygen atoms in total. The maximum Gasteiger partial charge on any atom is 0.164 e. The Hall–Kier alpha value is -8.77. The van der Waals surface area contributed by atoms with E-state index in [-0.39, 0.29) is 0 Å². The predicted octanol–water partition coefficient (Wildman–Crippen LogP) is 16.8. The molecule has 322 valence electrons. The number of nitrogens with zero attached hydrogens (tertiary/aromatic N) is 3. The molecule has 0 fully saturated rings. The summed E-state index contributed by atoms with van der Waals surface area (Å²) in [4.78, 5) is 15.5. The normalized spacial score (nSPS) is 12.8. The molecule has 5 heteroatoms. The van der Waals surface area contributed by atoms with E-state index in [4.69, 9.17) is 19.4 Å². The third-order valence-electron chi connectivity index (χ3n) is 14.0. The Balaban J connectivity index is 0.883. The highest BCUT2D eigenvalue weighted by atomic mass is 32.1. The van der Waals surface area contributed by atoms with E-state index < -0.39 is 5.41 Å². The minimum absolute atomic E-state index is 0.453. The minimum atomic E-state index is -0.453. The highest BCUT2D eigenvalue weighted by Crippen LogP contribution is 2.58. The molecule has 0 bridgehead atoms. The molecule has 0 radical (unpaired) electrons.